The fraction of sp³-hybridized carbons (Fsp3) is 0.769. The average Bonchev–Trinajstić information content (AvgIpc) is 2.54. The first kappa shape index (κ1) is 15.3. The summed E-state index contributed by atoms with van der Waals surface area (Å²) in [5.74, 6) is 0. The minimum absolute atomic E-state index is 0.128. The first-order valence-electron chi connectivity index (χ1n) is 6.46. The van der Waals surface area contributed by atoms with Crippen LogP contribution in [0.1, 0.15) is 25.2 Å². The zero-order valence-corrected chi connectivity index (χ0v) is 14.3. The van der Waals surface area contributed by atoms with Crippen molar-refractivity contribution in [2.45, 2.75) is 39.0 Å². The van der Waals surface area contributed by atoms with Gasteiger partial charge in [-0.3, -0.25) is 9.58 Å². The van der Waals surface area contributed by atoms with Crippen LogP contribution in [-0.2, 0) is 18.3 Å². The van der Waals surface area contributed by atoms with Gasteiger partial charge in [-0.15, -0.1) is 0 Å². The Morgan fingerprint density at radius 1 is 1.53 bits per heavy atom. The Balaban J connectivity index is 2.14. The molecule has 0 bridgehead atoms. The molecule has 0 saturated carbocycles. The van der Waals surface area contributed by atoms with Gasteiger partial charge in [0.2, 0.25) is 0 Å². The normalized spacial score (nSPS) is 23.8. The molecule has 19 heavy (non-hydrogen) atoms. The van der Waals surface area contributed by atoms with Crippen LogP contribution in [-0.4, -0.2) is 44.8 Å². The molecule has 4 nitrogen and oxygen atoms in total. The van der Waals surface area contributed by atoms with Crippen molar-refractivity contribution in [3.8, 4) is 0 Å². The molecule has 108 valence electrons. The maximum Gasteiger partial charge on any atom is 0.0860 e. The second-order valence-electron chi connectivity index (χ2n) is 5.79. The summed E-state index contributed by atoms with van der Waals surface area (Å²) in [6, 6.07) is 0. The van der Waals surface area contributed by atoms with E-state index in [9.17, 15) is 0 Å². The van der Waals surface area contributed by atoms with Crippen LogP contribution >= 0.6 is 27.5 Å². The average molecular weight is 351 g/mol. The van der Waals surface area contributed by atoms with Crippen LogP contribution in [0.3, 0.4) is 0 Å². The highest BCUT2D eigenvalue weighted by Gasteiger charge is 2.33. The quantitative estimate of drug-likeness (QED) is 0.785. The molecule has 6 heteroatoms. The molecule has 1 aromatic heterocycles. The van der Waals surface area contributed by atoms with Crippen LogP contribution in [0.2, 0.25) is 5.02 Å². The van der Waals surface area contributed by atoms with Crippen LogP contribution in [0.15, 0.2) is 0 Å². The Hall–Kier alpha value is -0.100. The van der Waals surface area contributed by atoms with Gasteiger partial charge >= 0.3 is 0 Å². The van der Waals surface area contributed by atoms with Crippen molar-refractivity contribution in [3.63, 3.8) is 0 Å². The Bertz CT molecular complexity index is 461. The topological polar surface area (TPSA) is 30.3 Å². The molecule has 2 heterocycles. The van der Waals surface area contributed by atoms with E-state index in [2.05, 4.69) is 39.8 Å². The fourth-order valence-electron chi connectivity index (χ4n) is 2.68. The molecule has 1 atom stereocenters. The molecule has 1 aliphatic rings. The summed E-state index contributed by atoms with van der Waals surface area (Å²) in [5.41, 5.74) is 1.84. The van der Waals surface area contributed by atoms with Gasteiger partial charge in [0.1, 0.15) is 0 Å². The minimum atomic E-state index is -0.128. The first-order chi connectivity index (χ1) is 8.82. The maximum absolute atomic E-state index is 6.32. The summed E-state index contributed by atoms with van der Waals surface area (Å²) in [4.78, 5) is 2.39. The van der Waals surface area contributed by atoms with Gasteiger partial charge in [0, 0.05) is 32.0 Å². The molecule has 0 aromatic carbocycles. The molecule has 0 spiro atoms. The molecule has 2 rings (SSSR count). The number of hydrogen-bond acceptors (Lipinski definition) is 3. The monoisotopic (exact) mass is 349 g/mol. The van der Waals surface area contributed by atoms with Gasteiger partial charge in [-0.05, 0) is 20.8 Å². The van der Waals surface area contributed by atoms with Crippen LogP contribution < -0.4 is 0 Å². The van der Waals surface area contributed by atoms with Crippen molar-refractivity contribution in [2.24, 2.45) is 7.05 Å². The Morgan fingerprint density at radius 2 is 2.21 bits per heavy atom. The van der Waals surface area contributed by atoms with Crippen molar-refractivity contribution < 1.29 is 4.74 Å². The Morgan fingerprint density at radius 3 is 2.74 bits per heavy atom. The largest absolute Gasteiger partial charge is 0.369 e. The summed E-state index contributed by atoms with van der Waals surface area (Å²) in [6.45, 7) is 8.82. The number of halogens is 2. The van der Waals surface area contributed by atoms with Gasteiger partial charge in [-0.1, -0.05) is 27.5 Å². The lowest BCUT2D eigenvalue weighted by Gasteiger charge is -2.42. The minimum Gasteiger partial charge on any atom is -0.369 e. The molecule has 1 saturated heterocycles. The zero-order valence-electron chi connectivity index (χ0n) is 11.9. The van der Waals surface area contributed by atoms with E-state index >= 15 is 0 Å². The lowest BCUT2D eigenvalue weighted by molar-refractivity contribution is -0.128. The van der Waals surface area contributed by atoms with Crippen molar-refractivity contribution in [1.29, 1.82) is 0 Å². The Labute approximate surface area is 128 Å². The van der Waals surface area contributed by atoms with Gasteiger partial charge in [-0.2, -0.15) is 5.10 Å². The van der Waals surface area contributed by atoms with Crippen LogP contribution in [0.4, 0.5) is 0 Å². The summed E-state index contributed by atoms with van der Waals surface area (Å²) < 4.78 is 7.89. The van der Waals surface area contributed by atoms with Crippen molar-refractivity contribution in [1.82, 2.24) is 14.7 Å². The van der Waals surface area contributed by atoms with Gasteiger partial charge in [0.25, 0.3) is 0 Å². The molecule has 0 N–H and O–H groups in total. The van der Waals surface area contributed by atoms with Crippen LogP contribution in [0.5, 0.6) is 0 Å². The number of morpholine rings is 1. The van der Waals surface area contributed by atoms with Crippen molar-refractivity contribution >= 4 is 27.5 Å². The number of nitrogens with zero attached hydrogens (tertiary/aromatic N) is 3. The number of ether oxygens (including phenoxy) is 1. The predicted molar refractivity (Wildman–Crippen MR) is 81.0 cm³/mol. The molecule has 1 aromatic rings. The van der Waals surface area contributed by atoms with Crippen LogP contribution in [0, 0.1) is 6.92 Å². The number of rotatable bonds is 3. The number of aromatic nitrogens is 2. The molecular weight excluding hydrogens is 330 g/mol. The third kappa shape index (κ3) is 3.51. The molecule has 1 fully saturated rings. The second kappa shape index (κ2) is 5.72. The molecule has 0 radical (unpaired) electrons. The van der Waals surface area contributed by atoms with E-state index in [0.29, 0.717) is 0 Å². The number of hydrogen-bond donors (Lipinski definition) is 0. The van der Waals surface area contributed by atoms with E-state index < -0.39 is 0 Å². The van der Waals surface area contributed by atoms with Gasteiger partial charge in [-0.25, -0.2) is 0 Å². The van der Waals surface area contributed by atoms with Crippen molar-refractivity contribution in [3.05, 3.63) is 16.4 Å². The first-order valence-corrected chi connectivity index (χ1v) is 7.96. The summed E-state index contributed by atoms with van der Waals surface area (Å²) in [6.07, 6.45) is 0.219. The standard InChI is InChI=1S/C13H21BrClN3O/c1-9-12(15)11(17(4)16-9)7-18-6-10(5-14)19-13(2,3)8-18/h10H,5-8H2,1-4H3. The fourth-order valence-corrected chi connectivity index (χ4v) is 3.24. The highest BCUT2D eigenvalue weighted by Crippen LogP contribution is 2.26. The molecule has 1 aliphatic heterocycles. The summed E-state index contributed by atoms with van der Waals surface area (Å²) in [7, 11) is 1.95. The lowest BCUT2D eigenvalue weighted by Crippen LogP contribution is -2.52. The SMILES string of the molecule is Cc1nn(C)c(CN2CC(CBr)OC(C)(C)C2)c1Cl. The molecular formula is C13H21BrClN3O. The van der Waals surface area contributed by atoms with E-state index in [1.54, 1.807) is 0 Å². The molecule has 1 unspecified atom stereocenters. The second-order valence-corrected chi connectivity index (χ2v) is 6.82. The molecule has 0 amide bonds. The number of alkyl halides is 1. The van der Waals surface area contributed by atoms with Crippen molar-refractivity contribution in [2.75, 3.05) is 18.4 Å². The smallest absolute Gasteiger partial charge is 0.0860 e. The van der Waals surface area contributed by atoms with Crippen LogP contribution in [0.25, 0.3) is 0 Å². The summed E-state index contributed by atoms with van der Waals surface area (Å²) >= 11 is 9.84. The molecule has 0 aliphatic carbocycles. The highest BCUT2D eigenvalue weighted by atomic mass is 79.9. The maximum atomic E-state index is 6.32. The predicted octanol–water partition coefficient (Wildman–Crippen LogP) is 2.76. The third-order valence-electron chi connectivity index (χ3n) is 3.36. The van der Waals surface area contributed by atoms with E-state index in [0.717, 1.165) is 41.4 Å². The van der Waals surface area contributed by atoms with E-state index in [-0.39, 0.29) is 11.7 Å². The Kier molecular flexibility index (Phi) is 4.60. The van der Waals surface area contributed by atoms with E-state index in [1.165, 1.54) is 0 Å². The number of aryl methyl sites for hydroxylation is 2. The highest BCUT2D eigenvalue weighted by molar-refractivity contribution is 9.09. The van der Waals surface area contributed by atoms with Gasteiger partial charge in [0.15, 0.2) is 0 Å². The third-order valence-corrected chi connectivity index (χ3v) is 4.57. The lowest BCUT2D eigenvalue weighted by atomic mass is 10.1. The van der Waals surface area contributed by atoms with Gasteiger partial charge < -0.3 is 4.74 Å². The zero-order chi connectivity index (χ0) is 14.2. The van der Waals surface area contributed by atoms with E-state index in [1.807, 2.05) is 18.7 Å². The summed E-state index contributed by atoms with van der Waals surface area (Å²) in [5, 5.41) is 6.00. The van der Waals surface area contributed by atoms with Gasteiger partial charge in [0.05, 0.1) is 28.1 Å². The van der Waals surface area contributed by atoms with E-state index in [4.69, 9.17) is 16.3 Å².